The lowest BCUT2D eigenvalue weighted by molar-refractivity contribution is 0.416. The van der Waals surface area contributed by atoms with Crippen LogP contribution < -0.4 is 10.4 Å². The summed E-state index contributed by atoms with van der Waals surface area (Å²) in [6, 6.07) is 12.1. The van der Waals surface area contributed by atoms with Crippen LogP contribution in [-0.2, 0) is 0 Å². The maximum atomic E-state index is 12.3. The van der Waals surface area contributed by atoms with E-state index in [1.807, 2.05) is 12.1 Å². The van der Waals surface area contributed by atoms with E-state index in [9.17, 15) is 9.90 Å². The molecule has 0 bridgehead atoms. The predicted octanol–water partition coefficient (Wildman–Crippen LogP) is 4.47. The van der Waals surface area contributed by atoms with Gasteiger partial charge in [-0.25, -0.2) is 4.79 Å². The molecule has 23 heavy (non-hydrogen) atoms. The number of aromatic hydroxyl groups is 1. The van der Waals surface area contributed by atoms with Crippen molar-refractivity contribution in [3.8, 4) is 11.5 Å². The van der Waals surface area contributed by atoms with Crippen LogP contribution in [-0.4, -0.2) is 12.2 Å². The van der Waals surface area contributed by atoms with E-state index in [1.165, 1.54) is 13.2 Å². The molecule has 1 N–H and O–H groups in total. The third-order valence-corrected chi connectivity index (χ3v) is 4.34. The van der Waals surface area contributed by atoms with Crippen molar-refractivity contribution in [1.82, 2.24) is 0 Å². The van der Waals surface area contributed by atoms with Gasteiger partial charge < -0.3 is 14.3 Å². The molecule has 0 aliphatic heterocycles. The fraction of sp³-hybridized carbons (Fsp3) is 0.0556. The van der Waals surface area contributed by atoms with E-state index in [0.717, 1.165) is 0 Å². The average Bonchev–Trinajstić information content (AvgIpc) is 2.56. The Balaban J connectivity index is 2.43. The van der Waals surface area contributed by atoms with Crippen LogP contribution in [0.5, 0.6) is 11.5 Å². The van der Waals surface area contributed by atoms with Gasteiger partial charge in [-0.15, -0.1) is 0 Å². The lowest BCUT2D eigenvalue weighted by Crippen LogP contribution is -2.01. The molecule has 114 valence electrons. The molecule has 0 fully saturated rings. The molecular weight excluding hydrogens is 316 g/mol. The van der Waals surface area contributed by atoms with Gasteiger partial charge in [0.05, 0.1) is 22.9 Å². The molecule has 0 radical (unpaired) electrons. The maximum Gasteiger partial charge on any atom is 0.344 e. The number of halogens is 1. The molecule has 0 unspecified atom stereocenters. The highest BCUT2D eigenvalue weighted by molar-refractivity contribution is 6.41. The van der Waals surface area contributed by atoms with Crippen molar-refractivity contribution in [1.29, 1.82) is 0 Å². The van der Waals surface area contributed by atoms with E-state index in [2.05, 4.69) is 0 Å². The normalized spacial score (nSPS) is 11.4. The van der Waals surface area contributed by atoms with Crippen LogP contribution in [0.1, 0.15) is 0 Å². The molecule has 4 rings (SSSR count). The van der Waals surface area contributed by atoms with Crippen molar-refractivity contribution in [2.75, 3.05) is 7.11 Å². The summed E-state index contributed by atoms with van der Waals surface area (Å²) in [5.41, 5.74) is -0.107. The van der Waals surface area contributed by atoms with E-state index in [0.29, 0.717) is 43.3 Å². The van der Waals surface area contributed by atoms with Crippen LogP contribution in [0, 0.1) is 0 Å². The van der Waals surface area contributed by atoms with E-state index in [4.69, 9.17) is 20.8 Å². The summed E-state index contributed by atoms with van der Waals surface area (Å²) in [6.07, 6.45) is 0. The fourth-order valence-electron chi connectivity index (χ4n) is 2.99. The Morgan fingerprint density at radius 1 is 1.00 bits per heavy atom. The summed E-state index contributed by atoms with van der Waals surface area (Å²) >= 11 is 6.53. The number of benzene rings is 3. The van der Waals surface area contributed by atoms with Crippen LogP contribution in [0.2, 0.25) is 5.02 Å². The Morgan fingerprint density at radius 3 is 2.43 bits per heavy atom. The summed E-state index contributed by atoms with van der Waals surface area (Å²) in [7, 11) is 1.49. The number of hydrogen-bond acceptors (Lipinski definition) is 4. The van der Waals surface area contributed by atoms with E-state index in [1.54, 1.807) is 24.3 Å². The van der Waals surface area contributed by atoms with E-state index < -0.39 is 5.63 Å². The van der Waals surface area contributed by atoms with Crippen LogP contribution in [0.25, 0.3) is 32.5 Å². The first-order chi connectivity index (χ1) is 11.1. The van der Waals surface area contributed by atoms with Crippen molar-refractivity contribution in [2.45, 2.75) is 0 Å². The molecule has 0 aliphatic rings. The molecule has 4 nitrogen and oxygen atoms in total. The van der Waals surface area contributed by atoms with Gasteiger partial charge in [-0.1, -0.05) is 41.9 Å². The zero-order chi connectivity index (χ0) is 16.1. The van der Waals surface area contributed by atoms with Crippen LogP contribution >= 0.6 is 11.6 Å². The first-order valence-corrected chi connectivity index (χ1v) is 7.34. The van der Waals surface area contributed by atoms with Gasteiger partial charge in [0.25, 0.3) is 0 Å². The van der Waals surface area contributed by atoms with Crippen molar-refractivity contribution < 1.29 is 14.3 Å². The number of phenols is 1. The summed E-state index contributed by atoms with van der Waals surface area (Å²) < 4.78 is 10.9. The molecule has 0 atom stereocenters. The van der Waals surface area contributed by atoms with E-state index >= 15 is 0 Å². The predicted molar refractivity (Wildman–Crippen MR) is 90.7 cm³/mol. The van der Waals surface area contributed by atoms with E-state index in [-0.39, 0.29) is 5.75 Å². The third-order valence-electron chi connectivity index (χ3n) is 3.98. The van der Waals surface area contributed by atoms with Gasteiger partial charge in [-0.2, -0.15) is 0 Å². The molecule has 4 aromatic rings. The average molecular weight is 327 g/mol. The Labute approximate surface area is 135 Å². The zero-order valence-corrected chi connectivity index (χ0v) is 12.8. The van der Waals surface area contributed by atoms with Crippen molar-refractivity contribution in [3.05, 3.63) is 57.9 Å². The molecule has 0 saturated carbocycles. The topological polar surface area (TPSA) is 59.7 Å². The number of fused-ring (bicyclic) bond motifs is 5. The van der Waals surface area contributed by atoms with Gasteiger partial charge in [-0.3, -0.25) is 0 Å². The second kappa shape index (κ2) is 4.89. The van der Waals surface area contributed by atoms with Gasteiger partial charge in [0.2, 0.25) is 0 Å². The quantitative estimate of drug-likeness (QED) is 0.414. The Kier molecular flexibility index (Phi) is 2.96. The molecule has 0 aliphatic carbocycles. The van der Waals surface area contributed by atoms with Crippen molar-refractivity contribution >= 4 is 44.1 Å². The minimum atomic E-state index is -0.445. The summed E-state index contributed by atoms with van der Waals surface area (Å²) in [4.78, 5) is 12.3. The van der Waals surface area contributed by atoms with Crippen molar-refractivity contribution in [2.24, 2.45) is 0 Å². The number of methoxy groups -OCH3 is 1. The minimum absolute atomic E-state index is 0.0129. The maximum absolute atomic E-state index is 12.3. The number of rotatable bonds is 1. The summed E-state index contributed by atoms with van der Waals surface area (Å²) in [5.74, 6) is 0.366. The van der Waals surface area contributed by atoms with Crippen LogP contribution in [0.15, 0.2) is 51.7 Å². The van der Waals surface area contributed by atoms with Crippen LogP contribution in [0.3, 0.4) is 0 Å². The minimum Gasteiger partial charge on any atom is -0.507 e. The molecule has 1 aromatic heterocycles. The zero-order valence-electron chi connectivity index (χ0n) is 12.1. The van der Waals surface area contributed by atoms with Gasteiger partial charge in [0.1, 0.15) is 17.1 Å². The largest absolute Gasteiger partial charge is 0.507 e. The molecule has 1 heterocycles. The molecule has 0 amide bonds. The Morgan fingerprint density at radius 2 is 1.70 bits per heavy atom. The lowest BCUT2D eigenvalue weighted by atomic mass is 10.0. The smallest absolute Gasteiger partial charge is 0.344 e. The highest BCUT2D eigenvalue weighted by Crippen LogP contribution is 2.46. The van der Waals surface area contributed by atoms with Gasteiger partial charge in [-0.05, 0) is 12.1 Å². The van der Waals surface area contributed by atoms with Crippen LogP contribution in [0.4, 0.5) is 0 Å². The second-order valence-electron chi connectivity index (χ2n) is 5.19. The molecule has 0 spiro atoms. The van der Waals surface area contributed by atoms with Gasteiger partial charge >= 0.3 is 5.63 Å². The molecular formula is C18H11ClO4. The van der Waals surface area contributed by atoms with Gasteiger partial charge in [0.15, 0.2) is 0 Å². The second-order valence-corrected chi connectivity index (χ2v) is 5.56. The number of hydrogen-bond donors (Lipinski definition) is 1. The highest BCUT2D eigenvalue weighted by atomic mass is 35.5. The molecule has 0 saturated heterocycles. The highest BCUT2D eigenvalue weighted by Gasteiger charge is 2.20. The molecule has 3 aromatic carbocycles. The SMILES string of the molecule is COc1c(Cl)c2c3ccccc3c(=O)oc2c2cccc(O)c12. The standard InChI is InChI=1S/C18H11ClO4/c1-22-17-13-11(7-4-8-12(13)20)16-14(15(17)19)9-5-2-3-6-10(9)18(21)23-16/h2-8,20H,1H3. The first kappa shape index (κ1) is 13.9. The lowest BCUT2D eigenvalue weighted by Gasteiger charge is -2.13. The number of phenolic OH excluding ortho intramolecular Hbond substituents is 1. The Bertz CT molecular complexity index is 1140. The monoisotopic (exact) mass is 326 g/mol. The number of ether oxygens (including phenoxy) is 1. The first-order valence-electron chi connectivity index (χ1n) is 6.96. The molecule has 5 heteroatoms. The summed E-state index contributed by atoms with van der Waals surface area (Å²) in [6.45, 7) is 0. The van der Waals surface area contributed by atoms with Crippen molar-refractivity contribution in [3.63, 3.8) is 0 Å². The third kappa shape index (κ3) is 1.82. The fourth-order valence-corrected chi connectivity index (χ4v) is 3.35. The van der Waals surface area contributed by atoms with Gasteiger partial charge in [0, 0.05) is 16.2 Å². The Hall–Kier alpha value is -2.72. The summed E-state index contributed by atoms with van der Waals surface area (Å²) in [5, 5.41) is 13.2.